The van der Waals surface area contributed by atoms with E-state index in [1.807, 2.05) is 0 Å². The predicted molar refractivity (Wildman–Crippen MR) is 90.0 cm³/mol. The van der Waals surface area contributed by atoms with Gasteiger partial charge in [0.2, 0.25) is 0 Å². The summed E-state index contributed by atoms with van der Waals surface area (Å²) in [5, 5.41) is 0. The van der Waals surface area contributed by atoms with Crippen LogP contribution in [0.3, 0.4) is 0 Å². The molecule has 1 aromatic carbocycles. The minimum Gasteiger partial charge on any atom is -0.282 e. The third kappa shape index (κ3) is 3.38. The fraction of sp³-hybridized carbons (Fsp3) is 0.667. The van der Waals surface area contributed by atoms with E-state index in [-0.39, 0.29) is 10.8 Å². The molecule has 4 heteroatoms. The van der Waals surface area contributed by atoms with Crippen LogP contribution in [0.25, 0.3) is 0 Å². The molecule has 2 atom stereocenters. The van der Waals surface area contributed by atoms with Crippen LogP contribution in [0.4, 0.5) is 0 Å². The van der Waals surface area contributed by atoms with Gasteiger partial charge in [-0.1, -0.05) is 34.6 Å². The zero-order valence-electron chi connectivity index (χ0n) is 14.3. The Labute approximate surface area is 134 Å². The number of hydrogen-bond donors (Lipinski definition) is 1. The van der Waals surface area contributed by atoms with Gasteiger partial charge in [0.05, 0.1) is 4.90 Å². The van der Waals surface area contributed by atoms with Gasteiger partial charge in [0, 0.05) is 0 Å². The van der Waals surface area contributed by atoms with Crippen molar-refractivity contribution < 1.29 is 13.0 Å². The zero-order chi connectivity index (χ0) is 16.7. The highest BCUT2D eigenvalue weighted by atomic mass is 32.2. The van der Waals surface area contributed by atoms with E-state index in [2.05, 4.69) is 34.6 Å². The molecule has 0 aliphatic heterocycles. The second-order valence-electron chi connectivity index (χ2n) is 7.33. The lowest BCUT2D eigenvalue weighted by atomic mass is 9.73. The molecule has 1 aromatic rings. The first-order chi connectivity index (χ1) is 10.1. The van der Waals surface area contributed by atoms with E-state index in [0.29, 0.717) is 17.8 Å². The second-order valence-corrected chi connectivity index (χ2v) is 8.75. The Morgan fingerprint density at radius 3 is 2.27 bits per heavy atom. The largest absolute Gasteiger partial charge is 0.294 e. The van der Waals surface area contributed by atoms with E-state index >= 15 is 0 Å². The molecule has 3 nitrogen and oxygen atoms in total. The summed E-state index contributed by atoms with van der Waals surface area (Å²) in [7, 11) is -4.17. The van der Waals surface area contributed by atoms with Crippen molar-refractivity contribution >= 4 is 10.1 Å². The summed E-state index contributed by atoms with van der Waals surface area (Å²) >= 11 is 0. The Kier molecular flexibility index (Phi) is 5.03. The maximum absolute atomic E-state index is 11.7. The van der Waals surface area contributed by atoms with Crippen LogP contribution in [-0.2, 0) is 16.5 Å². The quantitative estimate of drug-likeness (QED) is 0.812. The average molecular weight is 324 g/mol. The maximum Gasteiger partial charge on any atom is 0.294 e. The second kappa shape index (κ2) is 6.32. The van der Waals surface area contributed by atoms with Crippen molar-refractivity contribution in [1.29, 1.82) is 0 Å². The van der Waals surface area contributed by atoms with Crippen molar-refractivity contribution in [2.24, 2.45) is 11.8 Å². The van der Waals surface area contributed by atoms with Gasteiger partial charge in [0.15, 0.2) is 0 Å². The van der Waals surface area contributed by atoms with E-state index < -0.39 is 10.1 Å². The minimum atomic E-state index is -4.17. The summed E-state index contributed by atoms with van der Waals surface area (Å²) < 4.78 is 32.9. The monoisotopic (exact) mass is 324 g/mol. The molecular formula is C18H28O3S. The van der Waals surface area contributed by atoms with Gasteiger partial charge in [-0.15, -0.1) is 0 Å². The van der Waals surface area contributed by atoms with Crippen LogP contribution in [0.1, 0.15) is 76.0 Å². The highest BCUT2D eigenvalue weighted by molar-refractivity contribution is 7.85. The first kappa shape index (κ1) is 17.5. The minimum absolute atomic E-state index is 0.0568. The molecule has 0 radical (unpaired) electrons. The Balaban J connectivity index is 2.70. The lowest BCUT2D eigenvalue weighted by Gasteiger charge is -2.32. The molecule has 2 rings (SSSR count). The van der Waals surface area contributed by atoms with E-state index in [9.17, 15) is 13.0 Å². The lowest BCUT2D eigenvalue weighted by molar-refractivity contribution is 0.426. The Hall–Kier alpha value is -0.870. The molecular weight excluding hydrogens is 296 g/mol. The van der Waals surface area contributed by atoms with E-state index in [1.54, 1.807) is 12.1 Å². The molecule has 124 valence electrons. The fourth-order valence-corrected chi connectivity index (χ4v) is 4.12. The van der Waals surface area contributed by atoms with Crippen molar-refractivity contribution in [3.8, 4) is 0 Å². The van der Waals surface area contributed by atoms with Gasteiger partial charge >= 0.3 is 0 Å². The summed E-state index contributed by atoms with van der Waals surface area (Å²) in [5.74, 6) is 1.56. The van der Waals surface area contributed by atoms with Gasteiger partial charge in [-0.05, 0) is 71.8 Å². The van der Waals surface area contributed by atoms with Crippen LogP contribution in [0.2, 0.25) is 0 Å². The van der Waals surface area contributed by atoms with Crippen LogP contribution in [0.5, 0.6) is 0 Å². The number of benzene rings is 1. The van der Waals surface area contributed by atoms with E-state index in [4.69, 9.17) is 0 Å². The van der Waals surface area contributed by atoms with Crippen molar-refractivity contribution in [2.45, 2.75) is 70.6 Å². The molecule has 0 bridgehead atoms. The number of rotatable bonds is 4. The first-order valence-electron chi connectivity index (χ1n) is 8.27. The molecule has 0 saturated heterocycles. The molecule has 0 spiro atoms. The van der Waals surface area contributed by atoms with Crippen LogP contribution in [-0.4, -0.2) is 13.0 Å². The lowest BCUT2D eigenvalue weighted by Crippen LogP contribution is -2.19. The van der Waals surface area contributed by atoms with Crippen molar-refractivity contribution in [3.63, 3.8) is 0 Å². The molecule has 0 fully saturated rings. The summed E-state index contributed by atoms with van der Waals surface area (Å²) in [4.78, 5) is 0.0568. The molecule has 1 aliphatic carbocycles. The Morgan fingerprint density at radius 1 is 1.14 bits per heavy atom. The van der Waals surface area contributed by atoms with Crippen LogP contribution in [0, 0.1) is 11.8 Å². The molecule has 22 heavy (non-hydrogen) atoms. The maximum atomic E-state index is 11.7. The van der Waals surface area contributed by atoms with Gasteiger partial charge in [-0.3, -0.25) is 4.55 Å². The third-order valence-electron chi connectivity index (χ3n) is 5.23. The number of hydrogen-bond acceptors (Lipinski definition) is 2. The molecule has 0 amide bonds. The van der Waals surface area contributed by atoms with Crippen molar-refractivity contribution in [3.05, 3.63) is 28.8 Å². The molecule has 1 N–H and O–H groups in total. The van der Waals surface area contributed by atoms with Crippen molar-refractivity contribution in [2.75, 3.05) is 0 Å². The highest BCUT2D eigenvalue weighted by Crippen LogP contribution is 2.42. The fourth-order valence-electron chi connectivity index (χ4n) is 3.57. The smallest absolute Gasteiger partial charge is 0.282 e. The summed E-state index contributed by atoms with van der Waals surface area (Å²) in [6.45, 7) is 10.8. The average Bonchev–Trinajstić information content (AvgIpc) is 2.43. The molecule has 0 heterocycles. The molecule has 0 saturated carbocycles. The van der Waals surface area contributed by atoms with Gasteiger partial charge in [0.1, 0.15) is 0 Å². The van der Waals surface area contributed by atoms with Gasteiger partial charge < -0.3 is 0 Å². The van der Waals surface area contributed by atoms with Crippen LogP contribution >= 0.6 is 0 Å². The highest BCUT2D eigenvalue weighted by Gasteiger charge is 2.29. The first-order valence-corrected chi connectivity index (χ1v) is 9.71. The van der Waals surface area contributed by atoms with Gasteiger partial charge in [-0.25, -0.2) is 0 Å². The molecule has 0 aromatic heterocycles. The summed E-state index contributed by atoms with van der Waals surface area (Å²) in [6.07, 6.45) is 3.25. The Bertz CT molecular complexity index is 627. The van der Waals surface area contributed by atoms with Gasteiger partial charge in [0.25, 0.3) is 10.1 Å². The van der Waals surface area contributed by atoms with E-state index in [0.717, 1.165) is 30.4 Å². The topological polar surface area (TPSA) is 54.4 Å². The molecule has 1 aliphatic rings. The van der Waals surface area contributed by atoms with Crippen molar-refractivity contribution in [1.82, 2.24) is 0 Å². The van der Waals surface area contributed by atoms with Gasteiger partial charge in [-0.2, -0.15) is 8.42 Å². The van der Waals surface area contributed by atoms with E-state index in [1.165, 1.54) is 5.56 Å². The summed E-state index contributed by atoms with van der Waals surface area (Å²) in [6, 6.07) is 3.41. The SMILES string of the molecule is CC(C)C(C)c1cc(S(=O)(=O)O)cc2c1CCCC2C(C)C. The third-order valence-corrected chi connectivity index (χ3v) is 6.06. The van der Waals surface area contributed by atoms with Crippen LogP contribution < -0.4 is 0 Å². The predicted octanol–water partition coefficient (Wildman–Crippen LogP) is 4.77. The zero-order valence-corrected chi connectivity index (χ0v) is 15.1. The Morgan fingerprint density at radius 2 is 1.77 bits per heavy atom. The number of fused-ring (bicyclic) bond motifs is 1. The molecule has 2 unspecified atom stereocenters. The van der Waals surface area contributed by atoms with Crippen LogP contribution in [0.15, 0.2) is 17.0 Å². The standard InChI is InChI=1S/C18H28O3S/c1-11(2)13(5)17-9-14(22(19,20)21)10-18-15(12(3)4)7-6-8-16(17)18/h9-13,15H,6-8H2,1-5H3,(H,19,20,21). The summed E-state index contributed by atoms with van der Waals surface area (Å²) in [5.41, 5.74) is 3.56. The normalized spacial score (nSPS) is 20.3.